The minimum atomic E-state index is -0.912. The molecule has 82 valence electrons. The first-order chi connectivity index (χ1) is 6.46. The summed E-state index contributed by atoms with van der Waals surface area (Å²) in [6.07, 6.45) is 1.54. The Morgan fingerprint density at radius 2 is 2.36 bits per heavy atom. The van der Waals surface area contributed by atoms with E-state index in [9.17, 15) is 9.90 Å². The van der Waals surface area contributed by atoms with Crippen LogP contribution < -0.4 is 5.73 Å². The molecule has 1 heterocycles. The largest absolute Gasteiger partial charge is 0.480 e. The standard InChI is InChI=1S/C9H18N2O3/c1-9(14)3-2-4-11(6-9)7(5-10)8(12)13/h7,14H,2-6,10H2,1H3,(H,12,13). The van der Waals surface area contributed by atoms with Crippen LogP contribution in [0.2, 0.25) is 0 Å². The summed E-state index contributed by atoms with van der Waals surface area (Å²) in [7, 11) is 0. The number of carbonyl (C=O) groups is 1. The Labute approximate surface area is 83.5 Å². The molecule has 2 unspecified atom stereocenters. The van der Waals surface area contributed by atoms with Crippen molar-refractivity contribution in [2.45, 2.75) is 31.4 Å². The van der Waals surface area contributed by atoms with Crippen LogP contribution in [0.1, 0.15) is 19.8 Å². The topological polar surface area (TPSA) is 86.8 Å². The number of nitrogens with two attached hydrogens (primary N) is 1. The van der Waals surface area contributed by atoms with Crippen molar-refractivity contribution in [1.29, 1.82) is 0 Å². The van der Waals surface area contributed by atoms with Crippen molar-refractivity contribution in [3.8, 4) is 0 Å². The molecule has 0 radical (unpaired) electrons. The number of carboxylic acids is 1. The maximum Gasteiger partial charge on any atom is 0.322 e. The summed E-state index contributed by atoms with van der Waals surface area (Å²) >= 11 is 0. The van der Waals surface area contributed by atoms with Gasteiger partial charge in [0.2, 0.25) is 0 Å². The Balaban J connectivity index is 2.62. The predicted molar refractivity (Wildman–Crippen MR) is 51.9 cm³/mol. The van der Waals surface area contributed by atoms with Gasteiger partial charge >= 0.3 is 5.97 Å². The molecule has 0 aliphatic carbocycles. The molecular weight excluding hydrogens is 184 g/mol. The van der Waals surface area contributed by atoms with Crippen LogP contribution in [0.25, 0.3) is 0 Å². The van der Waals surface area contributed by atoms with Crippen LogP contribution in [0.3, 0.4) is 0 Å². The SMILES string of the molecule is CC1(O)CCCN(C(CN)C(=O)O)C1. The van der Waals surface area contributed by atoms with Gasteiger partial charge in [-0.3, -0.25) is 9.69 Å². The van der Waals surface area contributed by atoms with E-state index in [-0.39, 0.29) is 6.54 Å². The fourth-order valence-electron chi connectivity index (χ4n) is 1.93. The number of piperidine rings is 1. The first kappa shape index (κ1) is 11.4. The van der Waals surface area contributed by atoms with Crippen molar-refractivity contribution in [2.75, 3.05) is 19.6 Å². The molecule has 1 rings (SSSR count). The summed E-state index contributed by atoms with van der Waals surface area (Å²) in [6.45, 7) is 2.91. The van der Waals surface area contributed by atoms with Crippen molar-refractivity contribution >= 4 is 5.97 Å². The van der Waals surface area contributed by atoms with Crippen LogP contribution in [0.15, 0.2) is 0 Å². The third-order valence-corrected chi connectivity index (χ3v) is 2.65. The fraction of sp³-hybridized carbons (Fsp3) is 0.889. The molecule has 0 bridgehead atoms. The highest BCUT2D eigenvalue weighted by Gasteiger charge is 2.34. The van der Waals surface area contributed by atoms with Crippen molar-refractivity contribution in [3.05, 3.63) is 0 Å². The smallest absolute Gasteiger partial charge is 0.322 e. The zero-order valence-electron chi connectivity index (χ0n) is 8.44. The molecule has 2 atom stereocenters. The second-order valence-electron chi connectivity index (χ2n) is 4.16. The number of β-amino-alcohol motifs (C(OH)–C–C–N with tert-alkyl or cyclic N) is 1. The number of carboxylic acid groups (broad SMARTS) is 1. The Morgan fingerprint density at radius 3 is 2.79 bits per heavy atom. The maximum absolute atomic E-state index is 10.8. The van der Waals surface area contributed by atoms with Gasteiger partial charge in [-0.1, -0.05) is 0 Å². The van der Waals surface area contributed by atoms with Gasteiger partial charge in [0.15, 0.2) is 0 Å². The average molecular weight is 202 g/mol. The van der Waals surface area contributed by atoms with E-state index in [1.807, 2.05) is 0 Å². The average Bonchev–Trinajstić information content (AvgIpc) is 2.02. The minimum absolute atomic E-state index is 0.0887. The van der Waals surface area contributed by atoms with Crippen molar-refractivity contribution in [1.82, 2.24) is 4.90 Å². The lowest BCUT2D eigenvalue weighted by Crippen LogP contribution is -2.55. The second kappa shape index (κ2) is 4.25. The molecule has 1 saturated heterocycles. The van der Waals surface area contributed by atoms with E-state index >= 15 is 0 Å². The molecule has 0 spiro atoms. The van der Waals surface area contributed by atoms with Gasteiger partial charge in [0.25, 0.3) is 0 Å². The first-order valence-corrected chi connectivity index (χ1v) is 4.85. The van der Waals surface area contributed by atoms with Crippen LogP contribution in [-0.2, 0) is 4.79 Å². The molecule has 1 fully saturated rings. The molecule has 0 aromatic heterocycles. The van der Waals surface area contributed by atoms with Gasteiger partial charge < -0.3 is 15.9 Å². The lowest BCUT2D eigenvalue weighted by molar-refractivity contribution is -0.145. The van der Waals surface area contributed by atoms with Gasteiger partial charge in [-0.2, -0.15) is 0 Å². The van der Waals surface area contributed by atoms with Crippen molar-refractivity contribution in [2.24, 2.45) is 5.73 Å². The summed E-state index contributed by atoms with van der Waals surface area (Å²) < 4.78 is 0. The van der Waals surface area contributed by atoms with E-state index in [0.717, 1.165) is 12.8 Å². The molecule has 0 saturated carbocycles. The van der Waals surface area contributed by atoms with E-state index in [1.54, 1.807) is 11.8 Å². The van der Waals surface area contributed by atoms with Crippen molar-refractivity contribution < 1.29 is 15.0 Å². The third kappa shape index (κ3) is 2.67. The highest BCUT2D eigenvalue weighted by atomic mass is 16.4. The zero-order valence-corrected chi connectivity index (χ0v) is 8.44. The Morgan fingerprint density at radius 1 is 1.71 bits per heavy atom. The molecule has 14 heavy (non-hydrogen) atoms. The molecule has 1 aliphatic heterocycles. The number of nitrogens with zero attached hydrogens (tertiary/aromatic N) is 1. The van der Waals surface area contributed by atoms with E-state index < -0.39 is 17.6 Å². The quantitative estimate of drug-likeness (QED) is 0.560. The number of hydrogen-bond donors (Lipinski definition) is 3. The Bertz CT molecular complexity index is 218. The van der Waals surface area contributed by atoms with Crippen LogP contribution in [0.4, 0.5) is 0 Å². The van der Waals surface area contributed by atoms with E-state index in [2.05, 4.69) is 0 Å². The molecule has 1 aliphatic rings. The van der Waals surface area contributed by atoms with Gasteiger partial charge in [0, 0.05) is 13.1 Å². The van der Waals surface area contributed by atoms with Crippen LogP contribution in [0, 0.1) is 0 Å². The molecule has 5 heteroatoms. The third-order valence-electron chi connectivity index (χ3n) is 2.65. The number of aliphatic carboxylic acids is 1. The van der Waals surface area contributed by atoms with Gasteiger partial charge in [0.1, 0.15) is 6.04 Å². The lowest BCUT2D eigenvalue weighted by atomic mass is 9.94. The summed E-state index contributed by atoms with van der Waals surface area (Å²) in [6, 6.07) is -0.665. The van der Waals surface area contributed by atoms with Gasteiger partial charge in [0.05, 0.1) is 5.60 Å². The van der Waals surface area contributed by atoms with Gasteiger partial charge in [-0.15, -0.1) is 0 Å². The lowest BCUT2D eigenvalue weighted by Gasteiger charge is -2.39. The number of rotatable bonds is 3. The summed E-state index contributed by atoms with van der Waals surface area (Å²) in [5, 5.41) is 18.7. The monoisotopic (exact) mass is 202 g/mol. The summed E-state index contributed by atoms with van der Waals surface area (Å²) in [5.74, 6) is -0.912. The normalized spacial score (nSPS) is 31.4. The highest BCUT2D eigenvalue weighted by molar-refractivity contribution is 5.73. The fourth-order valence-corrected chi connectivity index (χ4v) is 1.93. The molecule has 0 amide bonds. The number of aliphatic hydroxyl groups is 1. The molecular formula is C9H18N2O3. The number of hydrogen-bond acceptors (Lipinski definition) is 4. The second-order valence-corrected chi connectivity index (χ2v) is 4.16. The molecule has 0 aromatic carbocycles. The zero-order chi connectivity index (χ0) is 10.8. The Hall–Kier alpha value is -0.650. The molecule has 5 nitrogen and oxygen atoms in total. The molecule has 4 N–H and O–H groups in total. The first-order valence-electron chi connectivity index (χ1n) is 4.85. The van der Waals surface area contributed by atoms with E-state index in [0.29, 0.717) is 13.1 Å². The number of likely N-dealkylation sites (tertiary alicyclic amines) is 1. The van der Waals surface area contributed by atoms with Gasteiger partial charge in [-0.25, -0.2) is 0 Å². The van der Waals surface area contributed by atoms with E-state index in [4.69, 9.17) is 10.8 Å². The van der Waals surface area contributed by atoms with Gasteiger partial charge in [-0.05, 0) is 26.3 Å². The summed E-state index contributed by atoms with van der Waals surface area (Å²) in [5.41, 5.74) is 4.61. The van der Waals surface area contributed by atoms with Crippen LogP contribution in [0.5, 0.6) is 0 Å². The van der Waals surface area contributed by atoms with Crippen molar-refractivity contribution in [3.63, 3.8) is 0 Å². The van der Waals surface area contributed by atoms with Crippen LogP contribution >= 0.6 is 0 Å². The highest BCUT2D eigenvalue weighted by Crippen LogP contribution is 2.21. The molecule has 0 aromatic rings. The minimum Gasteiger partial charge on any atom is -0.480 e. The Kier molecular flexibility index (Phi) is 3.47. The maximum atomic E-state index is 10.8. The van der Waals surface area contributed by atoms with Crippen LogP contribution in [-0.4, -0.2) is 52.4 Å². The predicted octanol–water partition coefficient (Wildman–Crippen LogP) is -0.755. The van der Waals surface area contributed by atoms with E-state index in [1.165, 1.54) is 0 Å². The summed E-state index contributed by atoms with van der Waals surface area (Å²) in [4.78, 5) is 12.6.